The molecule has 0 aliphatic carbocycles. The van der Waals surface area contributed by atoms with Crippen molar-refractivity contribution in [2.24, 2.45) is 0 Å². The maximum atomic E-state index is 12.6. The zero-order valence-electron chi connectivity index (χ0n) is 17.3. The fraction of sp³-hybridized carbons (Fsp3) is 0.375. The number of anilines is 1. The van der Waals surface area contributed by atoms with Gasteiger partial charge in [-0.25, -0.2) is 4.98 Å². The molecule has 4 rings (SSSR count). The molecule has 31 heavy (non-hydrogen) atoms. The molecule has 4 nitrogen and oxygen atoms in total. The van der Waals surface area contributed by atoms with Crippen LogP contribution in [-0.4, -0.2) is 42.4 Å². The molecule has 0 saturated carbocycles. The number of fused-ring (bicyclic) bond motifs is 1. The van der Waals surface area contributed by atoms with Crippen LogP contribution in [-0.2, 0) is 0 Å². The minimum absolute atomic E-state index is 0.254. The Balaban J connectivity index is 1.53. The van der Waals surface area contributed by atoms with E-state index in [0.717, 1.165) is 36.1 Å². The molecule has 2 heterocycles. The van der Waals surface area contributed by atoms with E-state index < -0.39 is 6.36 Å². The average molecular weight is 429 g/mol. The number of pyridine rings is 1. The second-order valence-electron chi connectivity index (χ2n) is 7.83. The molecule has 0 amide bonds. The minimum atomic E-state index is -4.73. The van der Waals surface area contributed by atoms with E-state index in [0.29, 0.717) is 11.3 Å². The minimum Gasteiger partial charge on any atom is -0.406 e. The molecule has 1 saturated heterocycles. The summed E-state index contributed by atoms with van der Waals surface area (Å²) in [4.78, 5) is 7.17. The van der Waals surface area contributed by atoms with Gasteiger partial charge in [0.25, 0.3) is 0 Å². The fourth-order valence-electron chi connectivity index (χ4n) is 4.03. The molecule has 0 unspecified atom stereocenters. The normalized spacial score (nSPS) is 15.2. The van der Waals surface area contributed by atoms with E-state index in [1.54, 1.807) is 12.1 Å². The molecule has 164 valence electrons. The summed E-state index contributed by atoms with van der Waals surface area (Å²) in [5.41, 5.74) is 2.90. The summed E-state index contributed by atoms with van der Waals surface area (Å²) in [7, 11) is 0. The van der Waals surface area contributed by atoms with E-state index in [1.165, 1.54) is 44.5 Å². The van der Waals surface area contributed by atoms with E-state index in [2.05, 4.69) is 19.9 Å². The predicted molar refractivity (Wildman–Crippen MR) is 117 cm³/mol. The van der Waals surface area contributed by atoms with Crippen LogP contribution in [0, 0.1) is 0 Å². The lowest BCUT2D eigenvalue weighted by Gasteiger charge is -2.26. The first-order valence-corrected chi connectivity index (χ1v) is 10.7. The van der Waals surface area contributed by atoms with Crippen molar-refractivity contribution in [3.8, 4) is 17.0 Å². The SMILES string of the molecule is FC(F)(F)Oc1cccc(-c2cc(NCCCN3CCCCC3)c3ccccc3n2)c1. The lowest BCUT2D eigenvalue weighted by atomic mass is 10.1. The lowest BCUT2D eigenvalue weighted by Crippen LogP contribution is -2.31. The van der Waals surface area contributed by atoms with E-state index in [1.807, 2.05) is 30.3 Å². The summed E-state index contributed by atoms with van der Waals surface area (Å²) in [6, 6.07) is 15.6. The third kappa shape index (κ3) is 5.88. The number of ether oxygens (including phenoxy) is 1. The molecule has 0 atom stereocenters. The van der Waals surface area contributed by atoms with Crippen molar-refractivity contribution in [2.75, 3.05) is 31.5 Å². The molecule has 1 N–H and O–H groups in total. The van der Waals surface area contributed by atoms with E-state index >= 15 is 0 Å². The Kier molecular flexibility index (Phi) is 6.61. The fourth-order valence-corrected chi connectivity index (χ4v) is 4.03. The molecule has 1 aliphatic rings. The maximum Gasteiger partial charge on any atom is 0.573 e. The predicted octanol–water partition coefficient (Wildman–Crippen LogP) is 6.09. The molecule has 1 fully saturated rings. The van der Waals surface area contributed by atoms with Crippen LogP contribution in [0.25, 0.3) is 22.2 Å². The second-order valence-corrected chi connectivity index (χ2v) is 7.83. The standard InChI is InChI=1S/C24H26F3N3O/c25-24(26,27)31-19-9-6-8-18(16-19)22-17-23(20-10-2-3-11-21(20)29-22)28-12-7-15-30-13-4-1-5-14-30/h2-3,6,8-11,16-17H,1,4-5,7,12-15H2,(H,28,29). The quantitative estimate of drug-likeness (QED) is 0.461. The van der Waals surface area contributed by atoms with Gasteiger partial charge >= 0.3 is 6.36 Å². The Morgan fingerprint density at radius 3 is 2.58 bits per heavy atom. The molecule has 3 aromatic rings. The maximum absolute atomic E-state index is 12.6. The number of alkyl halides is 3. The van der Waals surface area contributed by atoms with Crippen molar-refractivity contribution in [1.29, 1.82) is 0 Å². The van der Waals surface area contributed by atoms with E-state index in [4.69, 9.17) is 0 Å². The summed E-state index contributed by atoms with van der Waals surface area (Å²) in [6.07, 6.45) is 0.193. The number of nitrogens with one attached hydrogen (secondary N) is 1. The van der Waals surface area contributed by atoms with Crippen molar-refractivity contribution in [2.45, 2.75) is 32.0 Å². The summed E-state index contributed by atoms with van der Waals surface area (Å²) in [5, 5.41) is 4.50. The van der Waals surface area contributed by atoms with Gasteiger partial charge in [0.05, 0.1) is 11.2 Å². The number of hydrogen-bond acceptors (Lipinski definition) is 4. The molecule has 0 bridgehead atoms. The van der Waals surface area contributed by atoms with Gasteiger partial charge < -0.3 is 15.0 Å². The van der Waals surface area contributed by atoms with Gasteiger partial charge in [-0.3, -0.25) is 0 Å². The molecule has 7 heteroatoms. The number of rotatable bonds is 7. The number of piperidine rings is 1. The van der Waals surface area contributed by atoms with Crippen molar-refractivity contribution >= 4 is 16.6 Å². The largest absolute Gasteiger partial charge is 0.573 e. The van der Waals surface area contributed by atoms with Crippen molar-refractivity contribution in [1.82, 2.24) is 9.88 Å². The number of hydrogen-bond donors (Lipinski definition) is 1. The zero-order chi connectivity index (χ0) is 21.7. The second kappa shape index (κ2) is 9.56. The highest BCUT2D eigenvalue weighted by Gasteiger charge is 2.31. The van der Waals surface area contributed by atoms with Gasteiger partial charge in [0, 0.05) is 23.2 Å². The lowest BCUT2D eigenvalue weighted by molar-refractivity contribution is -0.274. The first-order chi connectivity index (χ1) is 15.0. The van der Waals surface area contributed by atoms with Gasteiger partial charge in [-0.2, -0.15) is 0 Å². The van der Waals surface area contributed by atoms with Gasteiger partial charge in [-0.15, -0.1) is 13.2 Å². The van der Waals surface area contributed by atoms with Crippen LogP contribution >= 0.6 is 0 Å². The Morgan fingerprint density at radius 1 is 0.968 bits per heavy atom. The smallest absolute Gasteiger partial charge is 0.406 e. The monoisotopic (exact) mass is 429 g/mol. The first-order valence-electron chi connectivity index (χ1n) is 10.7. The molecule has 2 aromatic carbocycles. The number of halogens is 3. The number of likely N-dealkylation sites (tertiary alicyclic amines) is 1. The van der Waals surface area contributed by atoms with Gasteiger partial charge in [0.1, 0.15) is 5.75 Å². The molecule has 0 spiro atoms. The molecular weight excluding hydrogens is 403 g/mol. The average Bonchev–Trinajstić information content (AvgIpc) is 2.76. The van der Waals surface area contributed by atoms with Gasteiger partial charge in [-0.1, -0.05) is 36.8 Å². The molecule has 0 radical (unpaired) electrons. The number of nitrogens with zero attached hydrogens (tertiary/aromatic N) is 2. The van der Waals surface area contributed by atoms with Crippen LogP contribution in [0.4, 0.5) is 18.9 Å². The van der Waals surface area contributed by atoms with Gasteiger partial charge in [0.2, 0.25) is 0 Å². The number of aromatic nitrogens is 1. The third-order valence-electron chi connectivity index (χ3n) is 5.49. The van der Waals surface area contributed by atoms with Crippen LogP contribution in [0.15, 0.2) is 54.6 Å². The third-order valence-corrected chi connectivity index (χ3v) is 5.49. The summed E-state index contributed by atoms with van der Waals surface area (Å²) < 4.78 is 41.9. The van der Waals surface area contributed by atoms with Crippen LogP contribution in [0.3, 0.4) is 0 Å². The van der Waals surface area contributed by atoms with Crippen LogP contribution < -0.4 is 10.1 Å². The topological polar surface area (TPSA) is 37.4 Å². The van der Waals surface area contributed by atoms with Gasteiger partial charge in [0.15, 0.2) is 0 Å². The number of benzene rings is 2. The van der Waals surface area contributed by atoms with Crippen molar-refractivity contribution in [3.05, 3.63) is 54.6 Å². The Hall–Kier alpha value is -2.80. The van der Waals surface area contributed by atoms with E-state index in [-0.39, 0.29) is 5.75 Å². The molecule has 1 aliphatic heterocycles. The first kappa shape index (κ1) is 21.4. The molecule has 1 aromatic heterocycles. The Labute approximate surface area is 180 Å². The van der Waals surface area contributed by atoms with Crippen LogP contribution in [0.5, 0.6) is 5.75 Å². The highest BCUT2D eigenvalue weighted by molar-refractivity contribution is 5.93. The molecular formula is C24H26F3N3O. The van der Waals surface area contributed by atoms with Crippen molar-refractivity contribution < 1.29 is 17.9 Å². The van der Waals surface area contributed by atoms with Gasteiger partial charge in [-0.05, 0) is 63.2 Å². The zero-order valence-corrected chi connectivity index (χ0v) is 17.3. The summed E-state index contributed by atoms with van der Waals surface area (Å²) in [5.74, 6) is -0.254. The van der Waals surface area contributed by atoms with Crippen molar-refractivity contribution in [3.63, 3.8) is 0 Å². The van der Waals surface area contributed by atoms with E-state index in [9.17, 15) is 13.2 Å². The Morgan fingerprint density at radius 2 is 1.77 bits per heavy atom. The number of para-hydroxylation sites is 1. The summed E-state index contributed by atoms with van der Waals surface area (Å²) >= 11 is 0. The van der Waals surface area contributed by atoms with Crippen LogP contribution in [0.2, 0.25) is 0 Å². The Bertz CT molecular complexity index is 1020. The summed E-state index contributed by atoms with van der Waals surface area (Å²) in [6.45, 7) is 4.25. The van der Waals surface area contributed by atoms with Crippen LogP contribution in [0.1, 0.15) is 25.7 Å². The highest BCUT2D eigenvalue weighted by atomic mass is 19.4. The highest BCUT2D eigenvalue weighted by Crippen LogP contribution is 2.31.